The minimum Gasteiger partial charge on any atom is -0.382 e. The quantitative estimate of drug-likeness (QED) is 0.0694. The normalized spacial score (nSPS) is 17.5. The summed E-state index contributed by atoms with van der Waals surface area (Å²) in [4.78, 5) is 14.4. The third-order valence-electron chi connectivity index (χ3n) is 9.72. The highest BCUT2D eigenvalue weighted by molar-refractivity contribution is 5.83. The van der Waals surface area contributed by atoms with Crippen molar-refractivity contribution in [3.8, 4) is 0 Å². The van der Waals surface area contributed by atoms with Crippen LogP contribution < -0.4 is 0 Å². The van der Waals surface area contributed by atoms with Crippen LogP contribution >= 0.6 is 0 Å². The number of tetrazole rings is 1. The zero-order chi connectivity index (χ0) is 34.1. The lowest BCUT2D eigenvalue weighted by molar-refractivity contribution is -0.121. The second-order valence-electron chi connectivity index (χ2n) is 12.9. The summed E-state index contributed by atoms with van der Waals surface area (Å²) >= 11 is 0. The Labute approximate surface area is 286 Å². The molecule has 4 aromatic carbocycles. The fourth-order valence-electron chi connectivity index (χ4n) is 7.11. The van der Waals surface area contributed by atoms with Crippen molar-refractivity contribution < 1.29 is 18.7 Å². The van der Waals surface area contributed by atoms with Crippen LogP contribution in [0, 0.1) is 11.8 Å². The van der Waals surface area contributed by atoms with E-state index < -0.39 is 17.6 Å². The number of nitrogens with zero attached hydrogens (tertiary/aromatic N) is 4. The molecule has 0 amide bonds. The van der Waals surface area contributed by atoms with Crippen molar-refractivity contribution in [3.05, 3.63) is 162 Å². The number of halogens is 2. The fourth-order valence-corrected chi connectivity index (χ4v) is 7.11. The fraction of sp³-hybridized carbons (Fsp3) is 0.317. The highest BCUT2D eigenvalue weighted by atomic mass is 19.3. The SMILES string of the molecule is O=C1CC[C@H](/C=C/[C@@H](O)C(F)(F)c2ccccc2)C1CCCCCCc1nnn(C(c2ccccc2)(c2ccccc2)c2ccccc2)n1. The Bertz CT molecular complexity index is 1700. The van der Waals surface area contributed by atoms with Gasteiger partial charge in [0.1, 0.15) is 11.9 Å². The number of aromatic nitrogens is 4. The van der Waals surface area contributed by atoms with Crippen molar-refractivity contribution in [3.63, 3.8) is 0 Å². The van der Waals surface area contributed by atoms with Gasteiger partial charge >= 0.3 is 5.92 Å². The number of hydrogen-bond acceptors (Lipinski definition) is 5. The first-order valence-electron chi connectivity index (χ1n) is 17.2. The van der Waals surface area contributed by atoms with E-state index in [9.17, 15) is 18.7 Å². The summed E-state index contributed by atoms with van der Waals surface area (Å²) in [7, 11) is 0. The molecule has 1 N–H and O–H groups in total. The van der Waals surface area contributed by atoms with Gasteiger partial charge in [0.05, 0.1) is 0 Å². The number of aliphatic hydroxyl groups is 1. The highest BCUT2D eigenvalue weighted by Gasteiger charge is 2.42. The molecule has 1 unspecified atom stereocenters. The van der Waals surface area contributed by atoms with Crippen molar-refractivity contribution in [2.45, 2.75) is 68.9 Å². The molecule has 0 radical (unpaired) electrons. The number of ketones is 1. The molecule has 1 aromatic heterocycles. The number of hydrogen-bond donors (Lipinski definition) is 1. The van der Waals surface area contributed by atoms with Gasteiger partial charge in [-0.05, 0) is 47.1 Å². The second-order valence-corrected chi connectivity index (χ2v) is 12.9. The zero-order valence-corrected chi connectivity index (χ0v) is 27.5. The van der Waals surface area contributed by atoms with Gasteiger partial charge in [0.25, 0.3) is 0 Å². The van der Waals surface area contributed by atoms with Crippen LogP contribution in [0.25, 0.3) is 0 Å². The molecule has 6 rings (SSSR count). The first-order valence-corrected chi connectivity index (χ1v) is 17.2. The smallest absolute Gasteiger partial charge is 0.302 e. The van der Waals surface area contributed by atoms with Gasteiger partial charge in [-0.1, -0.05) is 153 Å². The Morgan fingerprint density at radius 1 is 0.755 bits per heavy atom. The van der Waals surface area contributed by atoms with E-state index in [0.717, 1.165) is 42.4 Å². The van der Waals surface area contributed by atoms with Gasteiger partial charge < -0.3 is 5.11 Å². The van der Waals surface area contributed by atoms with Gasteiger partial charge in [0, 0.05) is 24.3 Å². The average molecular weight is 661 g/mol. The van der Waals surface area contributed by atoms with Gasteiger partial charge in [-0.15, -0.1) is 15.0 Å². The molecule has 0 bridgehead atoms. The first kappa shape index (κ1) is 34.1. The first-order chi connectivity index (χ1) is 23.9. The van der Waals surface area contributed by atoms with Crippen LogP contribution in [0.5, 0.6) is 0 Å². The van der Waals surface area contributed by atoms with Crippen LogP contribution in [0.4, 0.5) is 8.78 Å². The number of aryl methyl sites for hydroxylation is 1. The van der Waals surface area contributed by atoms with E-state index in [-0.39, 0.29) is 23.2 Å². The maximum atomic E-state index is 14.8. The number of benzene rings is 4. The molecule has 49 heavy (non-hydrogen) atoms. The molecule has 0 saturated heterocycles. The average Bonchev–Trinajstić information content (AvgIpc) is 3.77. The molecule has 1 aliphatic carbocycles. The molecule has 8 heteroatoms. The van der Waals surface area contributed by atoms with E-state index in [0.29, 0.717) is 31.5 Å². The van der Waals surface area contributed by atoms with Crippen molar-refractivity contribution in [1.29, 1.82) is 0 Å². The molecule has 1 fully saturated rings. The molecular weight excluding hydrogens is 618 g/mol. The molecule has 252 valence electrons. The third kappa shape index (κ3) is 7.44. The standard InChI is InChI=1S/C41H42F2N4O2/c42-41(43,35-23-13-6-14-24-35)38(49)30-28-31-27-29-37(48)36(31)25-15-1-2-16-26-39-44-46-47(45-39)40(32-17-7-3-8-18-32,33-19-9-4-10-20-33)34-21-11-5-12-22-34/h3-14,17-24,28,30-31,36,38,49H,1-2,15-16,25-27,29H2/b30-28+/t31-,36?,38-/m1/s1. The lowest BCUT2D eigenvalue weighted by Gasteiger charge is -2.34. The van der Waals surface area contributed by atoms with Crippen molar-refractivity contribution in [1.82, 2.24) is 20.2 Å². The molecular formula is C41H42F2N4O2. The number of alkyl halides is 2. The summed E-state index contributed by atoms with van der Waals surface area (Å²) in [6.07, 6.45) is 6.94. The number of rotatable bonds is 15. The minimum absolute atomic E-state index is 0.132. The van der Waals surface area contributed by atoms with Crippen LogP contribution in [0.2, 0.25) is 0 Å². The minimum atomic E-state index is -3.40. The lowest BCUT2D eigenvalue weighted by Crippen LogP contribution is -2.39. The van der Waals surface area contributed by atoms with Crippen molar-refractivity contribution in [2.24, 2.45) is 11.8 Å². The number of allylic oxidation sites excluding steroid dienone is 1. The topological polar surface area (TPSA) is 80.9 Å². The predicted molar refractivity (Wildman–Crippen MR) is 186 cm³/mol. The number of carbonyl (C=O) groups is 1. The van der Waals surface area contributed by atoms with Gasteiger partial charge in [-0.3, -0.25) is 4.79 Å². The van der Waals surface area contributed by atoms with Gasteiger partial charge in [-0.2, -0.15) is 8.78 Å². The van der Waals surface area contributed by atoms with Crippen LogP contribution in [-0.2, 0) is 22.7 Å². The van der Waals surface area contributed by atoms with E-state index in [1.165, 1.54) is 30.3 Å². The molecule has 3 atom stereocenters. The summed E-state index contributed by atoms with van der Waals surface area (Å²) in [5.74, 6) is -2.88. The van der Waals surface area contributed by atoms with Crippen LogP contribution in [0.3, 0.4) is 0 Å². The van der Waals surface area contributed by atoms with Gasteiger partial charge in [-0.25, -0.2) is 0 Å². The summed E-state index contributed by atoms with van der Waals surface area (Å²) in [5, 5.41) is 24.4. The van der Waals surface area contributed by atoms with E-state index in [1.54, 1.807) is 16.9 Å². The summed E-state index contributed by atoms with van der Waals surface area (Å²) in [5.41, 5.74) is 2.06. The maximum absolute atomic E-state index is 14.8. The third-order valence-corrected chi connectivity index (χ3v) is 9.72. The van der Waals surface area contributed by atoms with Crippen LogP contribution in [-0.4, -0.2) is 37.2 Å². The number of unbranched alkanes of at least 4 members (excludes halogenated alkanes) is 3. The molecule has 6 nitrogen and oxygen atoms in total. The van der Waals surface area contributed by atoms with E-state index in [1.807, 2.05) is 54.6 Å². The summed E-state index contributed by atoms with van der Waals surface area (Å²) in [6.45, 7) is 0. The zero-order valence-electron chi connectivity index (χ0n) is 27.5. The molecule has 1 saturated carbocycles. The number of carbonyl (C=O) groups excluding carboxylic acids is 1. The Morgan fingerprint density at radius 3 is 1.82 bits per heavy atom. The Kier molecular flexibility index (Phi) is 10.8. The molecule has 1 heterocycles. The lowest BCUT2D eigenvalue weighted by atomic mass is 9.77. The highest BCUT2D eigenvalue weighted by Crippen LogP contribution is 2.40. The number of Topliss-reactive ketones (excluding diaryl/α,β-unsaturated/α-hetero) is 1. The largest absolute Gasteiger partial charge is 0.382 e. The Balaban J connectivity index is 1.06. The number of aliphatic hydroxyl groups excluding tert-OH is 1. The van der Waals surface area contributed by atoms with Crippen molar-refractivity contribution in [2.75, 3.05) is 0 Å². The maximum Gasteiger partial charge on any atom is 0.302 e. The van der Waals surface area contributed by atoms with E-state index in [4.69, 9.17) is 5.10 Å². The monoisotopic (exact) mass is 660 g/mol. The molecule has 1 aliphatic rings. The van der Waals surface area contributed by atoms with Gasteiger partial charge in [0.2, 0.25) is 0 Å². The Hall–Kier alpha value is -4.82. The van der Waals surface area contributed by atoms with Crippen molar-refractivity contribution >= 4 is 5.78 Å². The molecule has 0 spiro atoms. The van der Waals surface area contributed by atoms with Crippen LogP contribution in [0.1, 0.15) is 73.0 Å². The molecule has 0 aliphatic heterocycles. The van der Waals surface area contributed by atoms with E-state index in [2.05, 4.69) is 46.7 Å². The Morgan fingerprint density at radius 2 is 1.27 bits per heavy atom. The van der Waals surface area contributed by atoms with E-state index >= 15 is 0 Å². The van der Waals surface area contributed by atoms with Gasteiger partial charge in [0.15, 0.2) is 11.4 Å². The summed E-state index contributed by atoms with van der Waals surface area (Å²) < 4.78 is 29.5. The molecule has 5 aromatic rings. The second kappa shape index (κ2) is 15.6. The van der Waals surface area contributed by atoms with Crippen LogP contribution in [0.15, 0.2) is 133 Å². The predicted octanol–water partition coefficient (Wildman–Crippen LogP) is 8.31. The summed E-state index contributed by atoms with van der Waals surface area (Å²) in [6, 6.07) is 38.1.